The predicted octanol–water partition coefficient (Wildman–Crippen LogP) is 5.23. The number of likely N-dealkylation sites (N-methyl/N-ethyl adjacent to an activating group) is 1. The van der Waals surface area contributed by atoms with Gasteiger partial charge in [0.1, 0.15) is 0 Å². The van der Waals surface area contributed by atoms with Crippen LogP contribution in [0.1, 0.15) is 69.9 Å². The minimum atomic E-state index is -3.53. The molecular weight excluding hydrogens is 557 g/mol. The third-order valence-corrected chi connectivity index (χ3v) is 10.6. The largest absolute Gasteiger partial charge is 0.498 e. The fraction of sp³-hybridized carbons (Fsp3) is 0.552. The van der Waals surface area contributed by atoms with Crippen LogP contribution in [0.4, 0.5) is 4.79 Å². The Bertz CT molecular complexity index is 1260. The van der Waals surface area contributed by atoms with Crippen molar-refractivity contribution in [2.45, 2.75) is 69.2 Å². The molecule has 1 aliphatic rings. The highest BCUT2D eigenvalue weighted by molar-refractivity contribution is 7.89. The van der Waals surface area contributed by atoms with Crippen LogP contribution in [0.25, 0.3) is 0 Å². The smallest absolute Gasteiger partial charge is 0.257 e. The molecule has 3 rings (SSSR count). The average molecular weight is 599 g/mol. The second-order valence-corrected chi connectivity index (χ2v) is 14.1. The minimum Gasteiger partial charge on any atom is -0.498 e. The number of amides is 1. The summed E-state index contributed by atoms with van der Waals surface area (Å²) in [4.78, 5) is 15.3. The first-order chi connectivity index (χ1) is 18.3. The summed E-state index contributed by atoms with van der Waals surface area (Å²) < 4.78 is 27.4. The molecule has 1 saturated heterocycles. The summed E-state index contributed by atoms with van der Waals surface area (Å²) in [6.07, 6.45) is 1.37. The maximum absolute atomic E-state index is 12.6. The number of nitrogens with one attached hydrogen (secondary N) is 1. The summed E-state index contributed by atoms with van der Waals surface area (Å²) in [6.45, 7) is 11.0. The van der Waals surface area contributed by atoms with Crippen LogP contribution in [-0.4, -0.2) is 69.2 Å². The zero-order chi connectivity index (χ0) is 29.0. The molecule has 2 aromatic rings. The number of piperidine rings is 1. The Hall–Kier alpha value is -1.68. The number of carbonyl (C=O) groups is 1. The highest BCUT2D eigenvalue weighted by Crippen LogP contribution is 2.36. The fourth-order valence-corrected chi connectivity index (χ4v) is 7.17. The van der Waals surface area contributed by atoms with E-state index < -0.39 is 21.7 Å². The Morgan fingerprint density at radius 1 is 1.13 bits per heavy atom. The van der Waals surface area contributed by atoms with Gasteiger partial charge >= 0.3 is 0 Å². The average Bonchev–Trinajstić information content (AvgIpc) is 2.90. The van der Waals surface area contributed by atoms with Gasteiger partial charge < -0.3 is 14.8 Å². The number of quaternary nitrogens is 1. The lowest BCUT2D eigenvalue weighted by Crippen LogP contribution is -2.68. The lowest BCUT2D eigenvalue weighted by Gasteiger charge is -2.49. The van der Waals surface area contributed by atoms with Gasteiger partial charge in [0.15, 0.2) is 0 Å². The van der Waals surface area contributed by atoms with Gasteiger partial charge in [0, 0.05) is 5.92 Å². The quantitative estimate of drug-likeness (QED) is 0.379. The second-order valence-electron chi connectivity index (χ2n) is 11.4. The number of benzene rings is 2. The number of hydrogen-bond donors (Lipinski definition) is 1. The summed E-state index contributed by atoms with van der Waals surface area (Å²) in [6, 6.07) is 12.8. The van der Waals surface area contributed by atoms with Crippen molar-refractivity contribution in [3.05, 3.63) is 63.6 Å². The Labute approximate surface area is 243 Å². The van der Waals surface area contributed by atoms with Crippen LogP contribution in [-0.2, 0) is 10.0 Å². The number of hydrogen-bond acceptors (Lipinski definition) is 5. The van der Waals surface area contributed by atoms with Gasteiger partial charge in [-0.25, -0.2) is 13.1 Å². The van der Waals surface area contributed by atoms with E-state index in [1.165, 1.54) is 7.05 Å². The molecule has 0 saturated carbocycles. The Morgan fingerprint density at radius 3 is 2.31 bits per heavy atom. The van der Waals surface area contributed by atoms with Crippen molar-refractivity contribution >= 4 is 39.3 Å². The summed E-state index contributed by atoms with van der Waals surface area (Å²) in [5, 5.41) is 13.5. The molecule has 1 N–H and O–H groups in total. The molecule has 0 aliphatic carbocycles. The zero-order valence-corrected chi connectivity index (χ0v) is 25.9. The van der Waals surface area contributed by atoms with Crippen LogP contribution in [0.5, 0.6) is 0 Å². The zero-order valence-electron chi connectivity index (χ0n) is 23.5. The number of nitrogens with zero attached hydrogens (tertiary/aromatic N) is 2. The van der Waals surface area contributed by atoms with Gasteiger partial charge in [-0.3, -0.25) is 4.48 Å². The standard InChI is InChI=1S/C29H41Cl2N3O4S/c1-6-34(28(35)36,29(2,3)4)20-23(22-11-12-25(30)26(31)19-22)15-18-33-16-13-21(14-17-33)24-9-7-8-10-27(24)39(37,38)32-5/h7-12,19,21,23,32H,6,13-18,20H2,1-5H3/t23-,34-/m1/s1. The molecule has 10 heteroatoms. The van der Waals surface area contributed by atoms with E-state index >= 15 is 0 Å². The van der Waals surface area contributed by atoms with E-state index in [0.29, 0.717) is 28.0 Å². The van der Waals surface area contributed by atoms with Crippen molar-refractivity contribution in [1.29, 1.82) is 0 Å². The van der Waals surface area contributed by atoms with Crippen LogP contribution < -0.4 is 9.83 Å². The minimum absolute atomic E-state index is 0.0731. The lowest BCUT2D eigenvalue weighted by atomic mass is 9.88. The number of carbonyl (C=O) groups excluding carboxylic acids is 1. The first-order valence-corrected chi connectivity index (χ1v) is 15.8. The van der Waals surface area contributed by atoms with Gasteiger partial charge in [0.2, 0.25) is 10.0 Å². The number of carboxylic acid groups (broad SMARTS) is 1. The molecule has 1 heterocycles. The number of sulfonamides is 1. The van der Waals surface area contributed by atoms with E-state index in [1.807, 2.05) is 52.0 Å². The molecule has 1 fully saturated rings. The molecular formula is C29H41Cl2N3O4S. The molecule has 0 aromatic heterocycles. The Balaban J connectivity index is 1.78. The van der Waals surface area contributed by atoms with Gasteiger partial charge in [-0.05, 0) is 109 Å². The monoisotopic (exact) mass is 597 g/mol. The van der Waals surface area contributed by atoms with Crippen LogP contribution in [0.15, 0.2) is 47.4 Å². The Morgan fingerprint density at radius 2 is 1.77 bits per heavy atom. The third-order valence-electron chi connectivity index (χ3n) is 8.42. The van der Waals surface area contributed by atoms with E-state index in [1.54, 1.807) is 18.2 Å². The maximum Gasteiger partial charge on any atom is 0.257 e. The Kier molecular flexibility index (Phi) is 10.5. The molecule has 0 radical (unpaired) electrons. The van der Waals surface area contributed by atoms with E-state index in [9.17, 15) is 18.3 Å². The van der Waals surface area contributed by atoms with Crippen LogP contribution >= 0.6 is 23.2 Å². The highest BCUT2D eigenvalue weighted by atomic mass is 35.5. The molecule has 39 heavy (non-hydrogen) atoms. The van der Waals surface area contributed by atoms with Crippen molar-refractivity contribution in [3.63, 3.8) is 0 Å². The van der Waals surface area contributed by atoms with Gasteiger partial charge in [-0.1, -0.05) is 47.5 Å². The first-order valence-electron chi connectivity index (χ1n) is 13.5. The van der Waals surface area contributed by atoms with E-state index in [2.05, 4.69) is 9.62 Å². The molecule has 2 aromatic carbocycles. The van der Waals surface area contributed by atoms with Gasteiger partial charge in [0.25, 0.3) is 6.09 Å². The van der Waals surface area contributed by atoms with Crippen molar-refractivity contribution in [2.75, 3.05) is 39.8 Å². The normalized spacial score (nSPS) is 18.0. The van der Waals surface area contributed by atoms with Gasteiger partial charge in [-0.2, -0.15) is 0 Å². The van der Waals surface area contributed by atoms with Crippen LogP contribution in [0, 0.1) is 0 Å². The topological polar surface area (TPSA) is 89.5 Å². The molecule has 0 bridgehead atoms. The molecule has 2 atom stereocenters. The SMILES string of the molecule is CC[N@@+](C[C@@H](CCN1CCC(c2ccccc2S(=O)(=O)NC)CC1)c1ccc(Cl)c(Cl)c1)(C(=O)[O-])C(C)(C)C. The first kappa shape index (κ1) is 31.8. The summed E-state index contributed by atoms with van der Waals surface area (Å²) >= 11 is 12.6. The molecule has 0 spiro atoms. The summed E-state index contributed by atoms with van der Waals surface area (Å²) in [5.74, 6) is 0.0888. The lowest BCUT2D eigenvalue weighted by molar-refractivity contribution is -0.919. The highest BCUT2D eigenvalue weighted by Gasteiger charge is 2.43. The molecule has 1 aliphatic heterocycles. The fourth-order valence-electron chi connectivity index (χ4n) is 5.84. The van der Waals surface area contributed by atoms with Crippen LogP contribution in [0.2, 0.25) is 10.0 Å². The predicted molar refractivity (Wildman–Crippen MR) is 156 cm³/mol. The number of halogens is 2. The molecule has 1 amide bonds. The van der Waals surface area contributed by atoms with Crippen LogP contribution in [0.3, 0.4) is 0 Å². The van der Waals surface area contributed by atoms with E-state index in [-0.39, 0.29) is 16.3 Å². The summed E-state index contributed by atoms with van der Waals surface area (Å²) in [5.41, 5.74) is 1.28. The van der Waals surface area contributed by atoms with Gasteiger partial charge in [0.05, 0.1) is 33.6 Å². The molecule has 0 unspecified atom stereocenters. The van der Waals surface area contributed by atoms with Gasteiger partial charge in [-0.15, -0.1) is 0 Å². The summed E-state index contributed by atoms with van der Waals surface area (Å²) in [7, 11) is -2.09. The van der Waals surface area contributed by atoms with Crippen molar-refractivity contribution in [3.8, 4) is 0 Å². The molecule has 216 valence electrons. The third kappa shape index (κ3) is 7.16. The van der Waals surface area contributed by atoms with Crippen molar-refractivity contribution in [2.24, 2.45) is 0 Å². The van der Waals surface area contributed by atoms with Crippen molar-refractivity contribution < 1.29 is 22.8 Å². The van der Waals surface area contributed by atoms with E-state index in [4.69, 9.17) is 23.2 Å². The van der Waals surface area contributed by atoms with Crippen molar-refractivity contribution in [1.82, 2.24) is 9.62 Å². The van der Waals surface area contributed by atoms with E-state index in [0.717, 1.165) is 50.0 Å². The molecule has 7 nitrogen and oxygen atoms in total. The maximum atomic E-state index is 12.6. The second kappa shape index (κ2) is 12.9. The number of likely N-dealkylation sites (tertiary alicyclic amines) is 1. The number of rotatable bonds is 10.